The minimum absolute atomic E-state index is 0.0609. The van der Waals surface area contributed by atoms with E-state index in [0.29, 0.717) is 16.9 Å². The second-order valence-electron chi connectivity index (χ2n) is 6.83. The molecule has 3 aromatic rings. The van der Waals surface area contributed by atoms with Gasteiger partial charge in [0, 0.05) is 26.1 Å². The molecule has 8 heteroatoms. The third-order valence-corrected chi connectivity index (χ3v) is 4.75. The van der Waals surface area contributed by atoms with Crippen LogP contribution in [0.5, 0.6) is 0 Å². The molecule has 0 radical (unpaired) electrons. The molecule has 1 N–H and O–H groups in total. The summed E-state index contributed by atoms with van der Waals surface area (Å²) in [7, 11) is 1.57. The van der Waals surface area contributed by atoms with Gasteiger partial charge in [-0.25, -0.2) is 9.97 Å². The summed E-state index contributed by atoms with van der Waals surface area (Å²) in [6, 6.07) is 8.64. The molecule has 3 rings (SSSR count). The van der Waals surface area contributed by atoms with Crippen molar-refractivity contribution in [1.29, 1.82) is 0 Å². The van der Waals surface area contributed by atoms with Crippen LogP contribution in [0.25, 0.3) is 11.2 Å². The Balaban J connectivity index is 2.25. The lowest BCUT2D eigenvalue weighted by Crippen LogP contribution is -2.33. The highest BCUT2D eigenvalue weighted by Crippen LogP contribution is 2.27. The molecule has 146 valence electrons. The van der Waals surface area contributed by atoms with Gasteiger partial charge >= 0.3 is 0 Å². The number of aromatic nitrogens is 4. The molecular weight excluding hydrogens is 378 g/mol. The summed E-state index contributed by atoms with van der Waals surface area (Å²) < 4.78 is 1.61. The lowest BCUT2D eigenvalue weighted by molar-refractivity contribution is -0.120. The van der Waals surface area contributed by atoms with Gasteiger partial charge in [-0.15, -0.1) is 0 Å². The number of halogens is 1. The molecule has 3 heterocycles. The molecule has 3 aromatic heterocycles. The molecule has 0 spiro atoms. The number of nitrogens with one attached hydrogen (secondary N) is 1. The first-order valence-electron chi connectivity index (χ1n) is 9.11. The number of hydrogen-bond acceptors (Lipinski definition) is 5. The Morgan fingerprint density at radius 1 is 1.21 bits per heavy atom. The van der Waals surface area contributed by atoms with Crippen molar-refractivity contribution in [3.8, 4) is 0 Å². The average Bonchev–Trinajstić information content (AvgIpc) is 2.69. The highest BCUT2D eigenvalue weighted by Gasteiger charge is 2.25. The van der Waals surface area contributed by atoms with Crippen LogP contribution in [-0.2, 0) is 11.2 Å². The molecule has 0 bridgehead atoms. The van der Waals surface area contributed by atoms with Gasteiger partial charge in [-0.3, -0.25) is 19.1 Å². The molecule has 0 saturated heterocycles. The number of hydrogen-bond donors (Lipinski definition) is 1. The van der Waals surface area contributed by atoms with Gasteiger partial charge in [-0.2, -0.15) is 0 Å². The summed E-state index contributed by atoms with van der Waals surface area (Å²) in [6.07, 6.45) is 2.12. The zero-order valence-corrected chi connectivity index (χ0v) is 16.8. The molecule has 1 atom stereocenters. The molecule has 0 aliphatic rings. The molecule has 7 nitrogen and oxygen atoms in total. The number of nitrogens with zero attached hydrogens (tertiary/aromatic N) is 4. The topological polar surface area (TPSA) is 89.8 Å². The molecule has 1 amide bonds. The van der Waals surface area contributed by atoms with Crippen molar-refractivity contribution in [3.63, 3.8) is 0 Å². The third kappa shape index (κ3) is 4.04. The highest BCUT2D eigenvalue weighted by atomic mass is 35.5. The Labute approximate surface area is 167 Å². The van der Waals surface area contributed by atoms with Crippen molar-refractivity contribution < 1.29 is 4.79 Å². The van der Waals surface area contributed by atoms with E-state index in [2.05, 4.69) is 20.3 Å². The fourth-order valence-corrected chi connectivity index (χ4v) is 3.35. The van der Waals surface area contributed by atoms with Crippen molar-refractivity contribution in [3.05, 3.63) is 63.4 Å². The summed E-state index contributed by atoms with van der Waals surface area (Å²) >= 11 is 6.11. The minimum atomic E-state index is -0.344. The fraction of sp³-hybridized carbons (Fsp3) is 0.350. The lowest BCUT2D eigenvalue weighted by Gasteiger charge is -2.24. The maximum Gasteiger partial charge on any atom is 0.274 e. The monoisotopic (exact) mass is 399 g/mol. The molecule has 0 fully saturated rings. The van der Waals surface area contributed by atoms with E-state index in [1.54, 1.807) is 29.9 Å². The Kier molecular flexibility index (Phi) is 6.04. The van der Waals surface area contributed by atoms with Crippen molar-refractivity contribution >= 4 is 28.7 Å². The normalized spacial score (nSPS) is 12.3. The predicted octanol–water partition coefficient (Wildman–Crippen LogP) is 2.76. The number of fused-ring (bicyclic) bond motifs is 1. The van der Waals surface area contributed by atoms with Crippen LogP contribution in [0, 0.1) is 5.92 Å². The van der Waals surface area contributed by atoms with Crippen LogP contribution in [0.4, 0.5) is 0 Å². The van der Waals surface area contributed by atoms with Gasteiger partial charge in [0.05, 0.1) is 11.7 Å². The van der Waals surface area contributed by atoms with Crippen LogP contribution < -0.4 is 10.9 Å². The van der Waals surface area contributed by atoms with E-state index in [-0.39, 0.29) is 41.4 Å². The highest BCUT2D eigenvalue weighted by molar-refractivity contribution is 6.29. The van der Waals surface area contributed by atoms with Crippen LogP contribution in [0.3, 0.4) is 0 Å². The number of carbonyl (C=O) groups is 1. The van der Waals surface area contributed by atoms with Crippen molar-refractivity contribution in [2.75, 3.05) is 7.05 Å². The van der Waals surface area contributed by atoms with Gasteiger partial charge in [-0.05, 0) is 30.2 Å². The maximum absolute atomic E-state index is 13.4. The maximum atomic E-state index is 13.4. The first-order chi connectivity index (χ1) is 13.4. The predicted molar refractivity (Wildman–Crippen MR) is 108 cm³/mol. The molecule has 0 aliphatic heterocycles. The van der Waals surface area contributed by atoms with E-state index in [1.165, 1.54) is 0 Å². The Hall–Kier alpha value is -2.80. The number of rotatable bonds is 6. The van der Waals surface area contributed by atoms with E-state index >= 15 is 0 Å². The van der Waals surface area contributed by atoms with E-state index in [1.807, 2.05) is 32.0 Å². The second kappa shape index (κ2) is 8.48. The summed E-state index contributed by atoms with van der Waals surface area (Å²) in [4.78, 5) is 38.3. The van der Waals surface area contributed by atoms with Crippen LogP contribution in [0.15, 0.2) is 41.3 Å². The smallest absolute Gasteiger partial charge is 0.274 e. The Morgan fingerprint density at radius 3 is 2.64 bits per heavy atom. The van der Waals surface area contributed by atoms with E-state index in [0.717, 1.165) is 5.69 Å². The van der Waals surface area contributed by atoms with Crippen LogP contribution in [0.1, 0.15) is 37.7 Å². The molecule has 0 aliphatic carbocycles. The van der Waals surface area contributed by atoms with Crippen molar-refractivity contribution in [1.82, 2.24) is 24.8 Å². The molecule has 0 saturated carbocycles. The molecule has 0 unspecified atom stereocenters. The molecule has 0 aromatic carbocycles. The Bertz CT molecular complexity index is 1050. The zero-order valence-electron chi connectivity index (χ0n) is 16.0. The van der Waals surface area contributed by atoms with E-state index in [4.69, 9.17) is 11.6 Å². The van der Waals surface area contributed by atoms with Gasteiger partial charge < -0.3 is 5.32 Å². The number of aryl methyl sites for hydroxylation is 1. The van der Waals surface area contributed by atoms with E-state index < -0.39 is 0 Å². The van der Waals surface area contributed by atoms with Crippen molar-refractivity contribution in [2.45, 2.75) is 32.7 Å². The third-order valence-electron chi connectivity index (χ3n) is 4.54. The van der Waals surface area contributed by atoms with Crippen LogP contribution in [0.2, 0.25) is 5.15 Å². The minimum Gasteiger partial charge on any atom is -0.359 e. The van der Waals surface area contributed by atoms with Crippen molar-refractivity contribution in [2.24, 2.45) is 5.92 Å². The fourth-order valence-electron chi connectivity index (χ4n) is 3.21. The number of amides is 1. The summed E-state index contributed by atoms with van der Waals surface area (Å²) in [6.45, 7) is 4.04. The largest absolute Gasteiger partial charge is 0.359 e. The quantitative estimate of drug-likeness (QED) is 0.643. The number of carbonyl (C=O) groups excluding carboxylic acids is 1. The lowest BCUT2D eigenvalue weighted by atomic mass is 9.99. The van der Waals surface area contributed by atoms with Crippen LogP contribution >= 0.6 is 11.6 Å². The Morgan fingerprint density at radius 2 is 2.00 bits per heavy atom. The van der Waals surface area contributed by atoms with E-state index in [9.17, 15) is 9.59 Å². The van der Waals surface area contributed by atoms with Gasteiger partial charge in [0.15, 0.2) is 5.65 Å². The number of pyridine rings is 2. The first-order valence-corrected chi connectivity index (χ1v) is 9.49. The van der Waals surface area contributed by atoms with Gasteiger partial charge in [-0.1, -0.05) is 31.5 Å². The zero-order chi connectivity index (χ0) is 20.3. The average molecular weight is 400 g/mol. The van der Waals surface area contributed by atoms with Gasteiger partial charge in [0.1, 0.15) is 16.4 Å². The van der Waals surface area contributed by atoms with Crippen LogP contribution in [-0.4, -0.2) is 32.5 Å². The van der Waals surface area contributed by atoms with Gasteiger partial charge in [0.25, 0.3) is 5.56 Å². The summed E-state index contributed by atoms with van der Waals surface area (Å²) in [5, 5.41) is 2.85. The summed E-state index contributed by atoms with van der Waals surface area (Å²) in [5.74, 6) is -0.0852. The first kappa shape index (κ1) is 19.9. The second-order valence-corrected chi connectivity index (χ2v) is 7.21. The summed E-state index contributed by atoms with van der Waals surface area (Å²) in [5.41, 5.74) is 1.76. The SMILES string of the molecule is CNC(=O)CCc1nc2ccc(Cl)nc2n([C@H](c2ccccn2)C(C)C)c1=O. The molecular formula is C20H22ClN5O2. The molecule has 28 heavy (non-hydrogen) atoms. The standard InChI is InChI=1S/C20H22ClN5O2/c1-12(2)18(13-6-4-5-11-23-13)26-19-14(7-9-16(21)25-19)24-15(20(26)28)8-10-17(27)22-3/h4-7,9,11-12,18H,8,10H2,1-3H3,(H,22,27)/t18-/m0/s1. The van der Waals surface area contributed by atoms with Gasteiger partial charge in [0.2, 0.25) is 5.91 Å².